The van der Waals surface area contributed by atoms with Crippen molar-refractivity contribution in [1.82, 2.24) is 4.90 Å². The second-order valence-electron chi connectivity index (χ2n) is 4.79. The Morgan fingerprint density at radius 2 is 2.17 bits per heavy atom. The molecule has 1 aliphatic rings. The standard InChI is InChI=1S/C13H18BrClN2.ClH/c1-17(13(7-16)9-2-3-9)8-10-4-5-11(15)6-12(10)14;/h4-6,9,13H,2-3,7-8,16H2,1H3;1H. The highest BCUT2D eigenvalue weighted by atomic mass is 79.9. The molecule has 0 radical (unpaired) electrons. The van der Waals surface area contributed by atoms with E-state index in [1.165, 1.54) is 18.4 Å². The molecule has 0 saturated heterocycles. The molecular weight excluding hydrogens is 335 g/mol. The Labute approximate surface area is 128 Å². The van der Waals surface area contributed by atoms with Crippen molar-refractivity contribution < 1.29 is 0 Å². The molecule has 1 atom stereocenters. The van der Waals surface area contributed by atoms with Crippen LogP contribution in [0.25, 0.3) is 0 Å². The summed E-state index contributed by atoms with van der Waals surface area (Å²) in [6, 6.07) is 6.46. The molecule has 5 heteroatoms. The van der Waals surface area contributed by atoms with Crippen LogP contribution in [0.3, 0.4) is 0 Å². The van der Waals surface area contributed by atoms with E-state index in [0.717, 1.165) is 28.5 Å². The van der Waals surface area contributed by atoms with Gasteiger partial charge in [-0.1, -0.05) is 33.6 Å². The third-order valence-electron chi connectivity index (χ3n) is 3.41. The summed E-state index contributed by atoms with van der Waals surface area (Å²) in [4.78, 5) is 2.35. The van der Waals surface area contributed by atoms with E-state index in [1.54, 1.807) is 0 Å². The Morgan fingerprint density at radius 3 is 2.67 bits per heavy atom. The smallest absolute Gasteiger partial charge is 0.0417 e. The zero-order chi connectivity index (χ0) is 12.4. The van der Waals surface area contributed by atoms with Gasteiger partial charge in [0.2, 0.25) is 0 Å². The third kappa shape index (κ3) is 4.10. The van der Waals surface area contributed by atoms with Crippen LogP contribution in [-0.2, 0) is 6.54 Å². The summed E-state index contributed by atoms with van der Waals surface area (Å²) >= 11 is 9.50. The van der Waals surface area contributed by atoms with Crippen LogP contribution in [0.2, 0.25) is 5.02 Å². The lowest BCUT2D eigenvalue weighted by Gasteiger charge is -2.27. The Balaban J connectivity index is 0.00000162. The SMILES string of the molecule is CN(Cc1ccc(Cl)cc1Br)C(CN)C1CC1.Cl. The maximum Gasteiger partial charge on any atom is 0.0417 e. The lowest BCUT2D eigenvalue weighted by Crippen LogP contribution is -2.39. The van der Waals surface area contributed by atoms with E-state index in [4.69, 9.17) is 17.3 Å². The van der Waals surface area contributed by atoms with E-state index < -0.39 is 0 Å². The first-order chi connectivity index (χ1) is 8.11. The van der Waals surface area contributed by atoms with Crippen LogP contribution in [-0.4, -0.2) is 24.5 Å². The minimum atomic E-state index is 0. The van der Waals surface area contributed by atoms with Gasteiger partial charge in [-0.3, -0.25) is 4.90 Å². The summed E-state index contributed by atoms with van der Waals surface area (Å²) in [5.74, 6) is 0.802. The first kappa shape index (κ1) is 16.3. The van der Waals surface area contributed by atoms with Crippen molar-refractivity contribution in [2.24, 2.45) is 11.7 Å². The molecule has 1 aromatic rings. The molecule has 1 unspecified atom stereocenters. The van der Waals surface area contributed by atoms with E-state index >= 15 is 0 Å². The van der Waals surface area contributed by atoms with Crippen molar-refractivity contribution in [2.75, 3.05) is 13.6 Å². The molecule has 102 valence electrons. The van der Waals surface area contributed by atoms with Gasteiger partial charge in [0.05, 0.1) is 0 Å². The largest absolute Gasteiger partial charge is 0.329 e. The molecule has 1 aromatic carbocycles. The molecule has 1 aliphatic carbocycles. The second-order valence-corrected chi connectivity index (χ2v) is 6.08. The molecular formula is C13H19BrCl2N2. The quantitative estimate of drug-likeness (QED) is 0.874. The topological polar surface area (TPSA) is 29.3 Å². The highest BCUT2D eigenvalue weighted by molar-refractivity contribution is 9.10. The summed E-state index contributed by atoms with van der Waals surface area (Å²) in [5.41, 5.74) is 7.12. The predicted octanol–water partition coefficient (Wildman–Crippen LogP) is 3.69. The predicted molar refractivity (Wildman–Crippen MR) is 83.4 cm³/mol. The first-order valence-electron chi connectivity index (χ1n) is 5.96. The van der Waals surface area contributed by atoms with Crippen LogP contribution in [0.1, 0.15) is 18.4 Å². The average molecular weight is 354 g/mol. The minimum absolute atomic E-state index is 0. The lowest BCUT2D eigenvalue weighted by atomic mass is 10.1. The van der Waals surface area contributed by atoms with Gasteiger partial charge in [-0.15, -0.1) is 12.4 Å². The summed E-state index contributed by atoms with van der Waals surface area (Å²) in [7, 11) is 2.15. The Morgan fingerprint density at radius 1 is 1.50 bits per heavy atom. The van der Waals surface area contributed by atoms with E-state index in [2.05, 4.69) is 33.9 Å². The normalized spacial score (nSPS) is 16.5. The van der Waals surface area contributed by atoms with E-state index in [1.807, 2.05) is 12.1 Å². The fourth-order valence-electron chi connectivity index (χ4n) is 2.25. The van der Waals surface area contributed by atoms with Crippen molar-refractivity contribution in [3.63, 3.8) is 0 Å². The molecule has 0 aromatic heterocycles. The van der Waals surface area contributed by atoms with E-state index in [9.17, 15) is 0 Å². The lowest BCUT2D eigenvalue weighted by molar-refractivity contribution is 0.215. The zero-order valence-electron chi connectivity index (χ0n) is 10.4. The number of halogens is 3. The monoisotopic (exact) mass is 352 g/mol. The summed E-state index contributed by atoms with van der Waals surface area (Å²) in [6.45, 7) is 1.66. The summed E-state index contributed by atoms with van der Waals surface area (Å²) in [5, 5.41) is 0.765. The maximum atomic E-state index is 5.94. The number of likely N-dealkylation sites (N-methyl/N-ethyl adjacent to an activating group) is 1. The van der Waals surface area contributed by atoms with Gasteiger partial charge in [0.1, 0.15) is 0 Å². The highest BCUT2D eigenvalue weighted by Gasteiger charge is 2.32. The minimum Gasteiger partial charge on any atom is -0.329 e. The molecule has 2 rings (SSSR count). The van der Waals surface area contributed by atoms with Crippen LogP contribution < -0.4 is 5.73 Å². The number of hydrogen-bond donors (Lipinski definition) is 1. The van der Waals surface area contributed by atoms with Crippen molar-refractivity contribution in [1.29, 1.82) is 0 Å². The number of benzene rings is 1. The van der Waals surface area contributed by atoms with Crippen LogP contribution in [0.4, 0.5) is 0 Å². The van der Waals surface area contributed by atoms with Crippen LogP contribution in [0.5, 0.6) is 0 Å². The molecule has 0 aliphatic heterocycles. The van der Waals surface area contributed by atoms with Crippen LogP contribution in [0.15, 0.2) is 22.7 Å². The summed E-state index contributed by atoms with van der Waals surface area (Å²) in [6.07, 6.45) is 2.65. The number of rotatable bonds is 5. The van der Waals surface area contributed by atoms with Gasteiger partial charge in [0.25, 0.3) is 0 Å². The van der Waals surface area contributed by atoms with Gasteiger partial charge < -0.3 is 5.73 Å². The Kier molecular flexibility index (Phi) is 6.42. The average Bonchev–Trinajstić information content (AvgIpc) is 3.08. The Bertz CT molecular complexity index is 397. The molecule has 2 nitrogen and oxygen atoms in total. The first-order valence-corrected chi connectivity index (χ1v) is 7.13. The fraction of sp³-hybridized carbons (Fsp3) is 0.538. The van der Waals surface area contributed by atoms with E-state index in [0.29, 0.717) is 6.04 Å². The Hall–Kier alpha value is 0.200. The van der Waals surface area contributed by atoms with Crippen molar-refractivity contribution in [2.45, 2.75) is 25.4 Å². The molecule has 0 heterocycles. The van der Waals surface area contributed by atoms with Crippen molar-refractivity contribution in [3.05, 3.63) is 33.3 Å². The number of hydrogen-bond acceptors (Lipinski definition) is 2. The fourth-order valence-corrected chi connectivity index (χ4v) is 3.06. The molecule has 1 saturated carbocycles. The van der Waals surface area contributed by atoms with Gasteiger partial charge in [0, 0.05) is 28.6 Å². The van der Waals surface area contributed by atoms with Crippen molar-refractivity contribution in [3.8, 4) is 0 Å². The van der Waals surface area contributed by atoms with Gasteiger partial charge in [-0.05, 0) is 43.5 Å². The van der Waals surface area contributed by atoms with Crippen LogP contribution in [0, 0.1) is 5.92 Å². The van der Waals surface area contributed by atoms with Gasteiger partial charge in [0.15, 0.2) is 0 Å². The molecule has 18 heavy (non-hydrogen) atoms. The molecule has 0 amide bonds. The van der Waals surface area contributed by atoms with Gasteiger partial charge >= 0.3 is 0 Å². The maximum absolute atomic E-state index is 5.94. The van der Waals surface area contributed by atoms with Gasteiger partial charge in [-0.2, -0.15) is 0 Å². The molecule has 2 N–H and O–H groups in total. The third-order valence-corrected chi connectivity index (χ3v) is 4.38. The second kappa shape index (κ2) is 7.11. The number of nitrogens with two attached hydrogens (primary N) is 1. The molecule has 1 fully saturated rings. The van der Waals surface area contributed by atoms with E-state index in [-0.39, 0.29) is 12.4 Å². The highest BCUT2D eigenvalue weighted by Crippen LogP contribution is 2.35. The summed E-state index contributed by atoms with van der Waals surface area (Å²) < 4.78 is 1.07. The van der Waals surface area contributed by atoms with Crippen LogP contribution >= 0.6 is 39.9 Å². The van der Waals surface area contributed by atoms with Crippen molar-refractivity contribution >= 4 is 39.9 Å². The zero-order valence-corrected chi connectivity index (χ0v) is 13.6. The number of nitrogens with zero attached hydrogens (tertiary/aromatic N) is 1. The molecule has 0 bridgehead atoms. The molecule has 0 spiro atoms. The van der Waals surface area contributed by atoms with Gasteiger partial charge in [-0.25, -0.2) is 0 Å².